The van der Waals surface area contributed by atoms with Gasteiger partial charge in [0.15, 0.2) is 23.1 Å². The van der Waals surface area contributed by atoms with Crippen LogP contribution in [0.25, 0.3) is 0 Å². The van der Waals surface area contributed by atoms with E-state index >= 15 is 0 Å². The van der Waals surface area contributed by atoms with E-state index in [1.807, 2.05) is 48.5 Å². The van der Waals surface area contributed by atoms with Crippen molar-refractivity contribution in [3.8, 4) is 11.5 Å². The summed E-state index contributed by atoms with van der Waals surface area (Å²) in [6, 6.07) is 20.8. The molecule has 1 aliphatic heterocycles. The Morgan fingerprint density at radius 3 is 2.19 bits per heavy atom. The Kier molecular flexibility index (Phi) is 8.49. The van der Waals surface area contributed by atoms with Crippen LogP contribution in [-0.4, -0.2) is 50.3 Å². The minimum atomic E-state index is -0.338. The van der Waals surface area contributed by atoms with Crippen LogP contribution in [0, 0.1) is 11.7 Å². The molecule has 0 saturated carbocycles. The van der Waals surface area contributed by atoms with Gasteiger partial charge in [-0.15, -0.1) is 0 Å². The molecule has 1 heterocycles. The molecule has 1 aliphatic rings. The molecule has 0 amide bonds. The molecule has 1 unspecified atom stereocenters. The van der Waals surface area contributed by atoms with Gasteiger partial charge in [-0.05, 0) is 80.9 Å². The second-order valence-corrected chi connectivity index (χ2v) is 9.17. The lowest BCUT2D eigenvalue weighted by molar-refractivity contribution is 0.0834. The molecular formula is C30H32FNO4. The average Bonchev–Trinajstić information content (AvgIpc) is 2.93. The number of ketones is 2. The van der Waals surface area contributed by atoms with Crippen LogP contribution in [0.15, 0.2) is 72.8 Å². The fraction of sp³-hybridized carbons (Fsp3) is 0.333. The van der Waals surface area contributed by atoms with Crippen LogP contribution >= 0.6 is 0 Å². The van der Waals surface area contributed by atoms with Crippen molar-refractivity contribution >= 4 is 11.6 Å². The second-order valence-electron chi connectivity index (χ2n) is 9.17. The predicted octanol–water partition coefficient (Wildman–Crippen LogP) is 5.79. The maximum absolute atomic E-state index is 13.5. The SMILES string of the molecule is COc1ccc(C(CCN2CCC(C(=O)c3ccc(F)cc3)CC2)C(=O)c2ccccc2)cc1OC. The van der Waals surface area contributed by atoms with Crippen LogP contribution in [-0.2, 0) is 0 Å². The van der Waals surface area contributed by atoms with E-state index in [4.69, 9.17) is 9.47 Å². The molecule has 0 bridgehead atoms. The van der Waals surface area contributed by atoms with Gasteiger partial charge in [-0.3, -0.25) is 9.59 Å². The maximum Gasteiger partial charge on any atom is 0.170 e. The van der Waals surface area contributed by atoms with Crippen molar-refractivity contribution in [1.82, 2.24) is 4.90 Å². The highest BCUT2D eigenvalue weighted by atomic mass is 19.1. The predicted molar refractivity (Wildman–Crippen MR) is 138 cm³/mol. The number of halogens is 1. The summed E-state index contributed by atoms with van der Waals surface area (Å²) in [5.41, 5.74) is 2.14. The minimum absolute atomic E-state index is 0.0562. The number of rotatable bonds is 10. The van der Waals surface area contributed by atoms with Gasteiger partial charge >= 0.3 is 0 Å². The standard InChI is InChI=1S/C30H32FNO4/c1-35-27-13-10-24(20-28(27)36-2)26(30(34)21-6-4-3-5-7-21)16-19-32-17-14-23(15-18-32)29(33)22-8-11-25(31)12-9-22/h3-13,20,23,26H,14-19H2,1-2H3. The highest BCUT2D eigenvalue weighted by Gasteiger charge is 2.28. The Balaban J connectivity index is 1.43. The van der Waals surface area contributed by atoms with Crippen LogP contribution in [0.4, 0.5) is 4.39 Å². The maximum atomic E-state index is 13.5. The third-order valence-electron chi connectivity index (χ3n) is 7.01. The fourth-order valence-corrected chi connectivity index (χ4v) is 4.90. The number of ether oxygens (including phenoxy) is 2. The number of carbonyl (C=O) groups is 2. The van der Waals surface area contributed by atoms with Crippen LogP contribution in [0.5, 0.6) is 11.5 Å². The summed E-state index contributed by atoms with van der Waals surface area (Å²) in [5, 5.41) is 0. The molecule has 0 aliphatic carbocycles. The number of hydrogen-bond acceptors (Lipinski definition) is 5. The van der Waals surface area contributed by atoms with E-state index < -0.39 is 0 Å². The van der Waals surface area contributed by atoms with E-state index in [-0.39, 0.29) is 29.2 Å². The van der Waals surface area contributed by atoms with Gasteiger partial charge in [-0.1, -0.05) is 36.4 Å². The number of carbonyl (C=O) groups excluding carboxylic acids is 2. The topological polar surface area (TPSA) is 55.8 Å². The Morgan fingerprint density at radius 2 is 1.56 bits per heavy atom. The van der Waals surface area contributed by atoms with E-state index in [1.54, 1.807) is 26.4 Å². The van der Waals surface area contributed by atoms with Crippen molar-refractivity contribution in [1.29, 1.82) is 0 Å². The van der Waals surface area contributed by atoms with Gasteiger partial charge in [-0.25, -0.2) is 4.39 Å². The van der Waals surface area contributed by atoms with Crippen LogP contribution in [0.3, 0.4) is 0 Å². The number of Topliss-reactive ketones (excluding diaryl/α,β-unsaturated/α-hetero) is 2. The molecule has 6 heteroatoms. The third-order valence-corrected chi connectivity index (χ3v) is 7.01. The molecule has 3 aromatic carbocycles. The summed E-state index contributed by atoms with van der Waals surface area (Å²) < 4.78 is 24.1. The van der Waals surface area contributed by atoms with E-state index in [0.29, 0.717) is 29.0 Å². The van der Waals surface area contributed by atoms with Gasteiger partial charge in [0, 0.05) is 23.0 Å². The van der Waals surface area contributed by atoms with E-state index in [2.05, 4.69) is 4.90 Å². The van der Waals surface area contributed by atoms with E-state index in [0.717, 1.165) is 38.0 Å². The van der Waals surface area contributed by atoms with Gasteiger partial charge < -0.3 is 14.4 Å². The summed E-state index contributed by atoms with van der Waals surface area (Å²) in [6.07, 6.45) is 2.16. The van der Waals surface area contributed by atoms with Crippen LogP contribution in [0.1, 0.15) is 51.5 Å². The molecule has 0 spiro atoms. The molecule has 1 atom stereocenters. The highest BCUT2D eigenvalue weighted by molar-refractivity contribution is 6.01. The third kappa shape index (κ3) is 6.00. The first-order valence-corrected chi connectivity index (χ1v) is 12.3. The zero-order chi connectivity index (χ0) is 25.5. The summed E-state index contributed by atoms with van der Waals surface area (Å²) >= 11 is 0. The first-order chi connectivity index (χ1) is 17.5. The van der Waals surface area contributed by atoms with Crippen molar-refractivity contribution in [2.45, 2.75) is 25.2 Å². The zero-order valence-corrected chi connectivity index (χ0v) is 20.8. The molecule has 5 nitrogen and oxygen atoms in total. The first kappa shape index (κ1) is 25.6. The van der Waals surface area contributed by atoms with Crippen LogP contribution < -0.4 is 9.47 Å². The van der Waals surface area contributed by atoms with E-state index in [1.165, 1.54) is 12.1 Å². The van der Waals surface area contributed by atoms with Gasteiger partial charge in [0.2, 0.25) is 0 Å². The van der Waals surface area contributed by atoms with Crippen molar-refractivity contribution in [2.75, 3.05) is 33.9 Å². The first-order valence-electron chi connectivity index (χ1n) is 12.3. The fourth-order valence-electron chi connectivity index (χ4n) is 4.90. The van der Waals surface area contributed by atoms with Gasteiger partial charge in [0.1, 0.15) is 5.82 Å². The lowest BCUT2D eigenvalue weighted by Crippen LogP contribution is -2.37. The quantitative estimate of drug-likeness (QED) is 0.337. The van der Waals surface area contributed by atoms with Gasteiger partial charge in [0.05, 0.1) is 14.2 Å². The van der Waals surface area contributed by atoms with Crippen molar-refractivity contribution in [2.24, 2.45) is 5.92 Å². The average molecular weight is 490 g/mol. The van der Waals surface area contributed by atoms with E-state index in [9.17, 15) is 14.0 Å². The Morgan fingerprint density at radius 1 is 0.889 bits per heavy atom. The number of benzene rings is 3. The second kappa shape index (κ2) is 12.0. The molecular weight excluding hydrogens is 457 g/mol. The lowest BCUT2D eigenvalue weighted by atomic mass is 9.86. The Labute approximate surface area is 211 Å². The molecule has 1 fully saturated rings. The summed E-state index contributed by atoms with van der Waals surface area (Å²) in [5.74, 6) is 0.655. The summed E-state index contributed by atoms with van der Waals surface area (Å²) in [4.78, 5) is 28.7. The highest BCUT2D eigenvalue weighted by Crippen LogP contribution is 2.34. The summed E-state index contributed by atoms with van der Waals surface area (Å²) in [7, 11) is 3.18. The number of piperidine rings is 1. The number of likely N-dealkylation sites (tertiary alicyclic amines) is 1. The Hall–Kier alpha value is -3.51. The zero-order valence-electron chi connectivity index (χ0n) is 20.8. The molecule has 0 aromatic heterocycles. The Bertz CT molecular complexity index is 1170. The van der Waals surface area contributed by atoms with Crippen LogP contribution in [0.2, 0.25) is 0 Å². The molecule has 0 radical (unpaired) electrons. The number of methoxy groups -OCH3 is 2. The van der Waals surface area contributed by atoms with Crippen molar-refractivity contribution in [3.05, 3.63) is 95.3 Å². The summed E-state index contributed by atoms with van der Waals surface area (Å²) in [6.45, 7) is 2.32. The molecule has 1 saturated heterocycles. The lowest BCUT2D eigenvalue weighted by Gasteiger charge is -2.32. The van der Waals surface area contributed by atoms with Crippen molar-refractivity contribution in [3.63, 3.8) is 0 Å². The normalized spacial score (nSPS) is 15.3. The number of nitrogens with zero attached hydrogens (tertiary/aromatic N) is 1. The van der Waals surface area contributed by atoms with Gasteiger partial charge in [0.25, 0.3) is 0 Å². The van der Waals surface area contributed by atoms with Crippen molar-refractivity contribution < 1.29 is 23.5 Å². The monoisotopic (exact) mass is 489 g/mol. The van der Waals surface area contributed by atoms with Gasteiger partial charge in [-0.2, -0.15) is 0 Å². The minimum Gasteiger partial charge on any atom is -0.493 e. The number of hydrogen-bond donors (Lipinski definition) is 0. The molecule has 36 heavy (non-hydrogen) atoms. The largest absolute Gasteiger partial charge is 0.493 e. The molecule has 188 valence electrons. The molecule has 3 aromatic rings. The smallest absolute Gasteiger partial charge is 0.170 e. The molecule has 4 rings (SSSR count). The molecule has 0 N–H and O–H groups in total.